The highest BCUT2D eigenvalue weighted by Crippen LogP contribution is 2.32. The van der Waals surface area contributed by atoms with E-state index in [1.54, 1.807) is 25.3 Å². The first kappa shape index (κ1) is 22.1. The lowest BCUT2D eigenvalue weighted by Crippen LogP contribution is -2.37. The number of ether oxygens (including phenoxy) is 1. The summed E-state index contributed by atoms with van der Waals surface area (Å²) >= 11 is 0. The van der Waals surface area contributed by atoms with Crippen LogP contribution in [0.1, 0.15) is 76.3 Å². The Balaban J connectivity index is 1.88. The first-order valence-electron chi connectivity index (χ1n) is 10.7. The first-order chi connectivity index (χ1) is 13.6. The molecule has 1 unspecified atom stereocenters. The van der Waals surface area contributed by atoms with E-state index >= 15 is 0 Å². The van der Waals surface area contributed by atoms with Gasteiger partial charge in [0.1, 0.15) is 0 Å². The Morgan fingerprint density at radius 2 is 1.57 bits per heavy atom. The molecule has 0 aliphatic carbocycles. The minimum Gasteiger partial charge on any atom is -0.460 e. The van der Waals surface area contributed by atoms with Gasteiger partial charge in [0.15, 0.2) is 5.54 Å². The molecular formula is C24H33NO3. The molecule has 0 fully saturated rings. The van der Waals surface area contributed by atoms with E-state index in [0.29, 0.717) is 5.56 Å². The second-order valence-corrected chi connectivity index (χ2v) is 7.38. The summed E-state index contributed by atoms with van der Waals surface area (Å²) in [5.74, 6) is -1.48. The Bertz CT molecular complexity index is 676. The molecule has 1 atom stereocenters. The quantitative estimate of drug-likeness (QED) is 0.262. The second kappa shape index (κ2) is 11.6. The molecule has 0 radical (unpaired) electrons. The SMILES string of the molecule is CCCCCCCCCCc1ccc(C2(C(=O)C(=O)OCC)C=CC=N2)cc1. The number of aryl methyl sites for hydroxylation is 1. The van der Waals surface area contributed by atoms with E-state index < -0.39 is 17.3 Å². The van der Waals surface area contributed by atoms with Crippen LogP contribution < -0.4 is 0 Å². The van der Waals surface area contributed by atoms with Crippen LogP contribution in [0.25, 0.3) is 0 Å². The summed E-state index contributed by atoms with van der Waals surface area (Å²) in [6.07, 6.45) is 16.4. The molecule has 0 saturated carbocycles. The topological polar surface area (TPSA) is 55.7 Å². The standard InChI is InChI=1S/C24H33NO3/c1-3-5-6-7-8-9-10-11-13-20-14-16-21(17-15-20)24(18-12-19-25-24)22(26)23(27)28-4-2/h12,14-19H,3-11,13H2,1-2H3. The number of unbranched alkanes of at least 4 members (excludes halogenated alkanes) is 7. The van der Waals surface area contributed by atoms with E-state index in [1.807, 2.05) is 24.3 Å². The molecule has 2 rings (SSSR count). The number of Topliss-reactive ketones (excluding diaryl/α,β-unsaturated/α-hetero) is 1. The monoisotopic (exact) mass is 383 g/mol. The number of ketones is 1. The molecule has 0 saturated heterocycles. The number of carbonyl (C=O) groups is 2. The van der Waals surface area contributed by atoms with E-state index in [0.717, 1.165) is 6.42 Å². The number of benzene rings is 1. The lowest BCUT2D eigenvalue weighted by molar-refractivity contribution is -0.155. The third-order valence-corrected chi connectivity index (χ3v) is 5.22. The third-order valence-electron chi connectivity index (χ3n) is 5.22. The number of aliphatic imine (C=N–C) groups is 1. The molecule has 1 aromatic carbocycles. The summed E-state index contributed by atoms with van der Waals surface area (Å²) < 4.78 is 4.90. The maximum absolute atomic E-state index is 12.6. The molecule has 152 valence electrons. The Kier molecular flexibility index (Phi) is 9.12. The van der Waals surface area contributed by atoms with Crippen molar-refractivity contribution >= 4 is 18.0 Å². The van der Waals surface area contributed by atoms with Crippen LogP contribution in [0.4, 0.5) is 0 Å². The highest BCUT2D eigenvalue weighted by atomic mass is 16.5. The van der Waals surface area contributed by atoms with Crippen LogP contribution in [-0.4, -0.2) is 24.6 Å². The van der Waals surface area contributed by atoms with E-state index in [4.69, 9.17) is 4.74 Å². The number of allylic oxidation sites excluding steroid dienone is 1. The van der Waals surface area contributed by atoms with Gasteiger partial charge in [0.2, 0.25) is 0 Å². The molecule has 0 amide bonds. The number of esters is 1. The van der Waals surface area contributed by atoms with Crippen molar-refractivity contribution in [1.29, 1.82) is 0 Å². The van der Waals surface area contributed by atoms with Gasteiger partial charge in [-0.05, 0) is 43.0 Å². The molecule has 4 nitrogen and oxygen atoms in total. The second-order valence-electron chi connectivity index (χ2n) is 7.38. The highest BCUT2D eigenvalue weighted by Gasteiger charge is 2.43. The predicted octanol–water partition coefficient (Wildman–Crippen LogP) is 5.34. The number of nitrogens with zero attached hydrogens (tertiary/aromatic N) is 1. The van der Waals surface area contributed by atoms with Crippen molar-refractivity contribution in [3.63, 3.8) is 0 Å². The van der Waals surface area contributed by atoms with Crippen LogP contribution in [0.15, 0.2) is 41.4 Å². The fraction of sp³-hybridized carbons (Fsp3) is 0.542. The number of carbonyl (C=O) groups excluding carboxylic acids is 2. The zero-order valence-corrected chi connectivity index (χ0v) is 17.3. The van der Waals surface area contributed by atoms with Gasteiger partial charge < -0.3 is 4.74 Å². The fourth-order valence-corrected chi connectivity index (χ4v) is 3.56. The van der Waals surface area contributed by atoms with Crippen molar-refractivity contribution in [1.82, 2.24) is 0 Å². The summed E-state index contributed by atoms with van der Waals surface area (Å²) in [4.78, 5) is 28.9. The van der Waals surface area contributed by atoms with Gasteiger partial charge in [-0.25, -0.2) is 4.79 Å². The molecule has 4 heteroatoms. The molecule has 0 N–H and O–H groups in total. The number of hydrogen-bond donors (Lipinski definition) is 0. The number of hydrogen-bond acceptors (Lipinski definition) is 4. The van der Waals surface area contributed by atoms with Crippen LogP contribution in [-0.2, 0) is 26.3 Å². The first-order valence-corrected chi connectivity index (χ1v) is 10.7. The molecule has 28 heavy (non-hydrogen) atoms. The predicted molar refractivity (Wildman–Crippen MR) is 114 cm³/mol. The molecule has 1 aliphatic heterocycles. The zero-order chi connectivity index (χ0) is 20.2. The van der Waals surface area contributed by atoms with Crippen LogP contribution in [0.5, 0.6) is 0 Å². The van der Waals surface area contributed by atoms with Crippen molar-refractivity contribution in [3.8, 4) is 0 Å². The van der Waals surface area contributed by atoms with Crippen molar-refractivity contribution < 1.29 is 14.3 Å². The minimum atomic E-state index is -1.27. The van der Waals surface area contributed by atoms with Gasteiger partial charge in [-0.2, -0.15) is 0 Å². The van der Waals surface area contributed by atoms with Crippen LogP contribution >= 0.6 is 0 Å². The van der Waals surface area contributed by atoms with Crippen molar-refractivity contribution in [3.05, 3.63) is 47.5 Å². The molecule has 1 heterocycles. The van der Waals surface area contributed by atoms with Crippen LogP contribution in [0, 0.1) is 0 Å². The smallest absolute Gasteiger partial charge is 0.378 e. The third kappa shape index (κ3) is 5.88. The lowest BCUT2D eigenvalue weighted by Gasteiger charge is -2.22. The molecule has 0 bridgehead atoms. The van der Waals surface area contributed by atoms with E-state index in [2.05, 4.69) is 11.9 Å². The highest BCUT2D eigenvalue weighted by molar-refractivity contribution is 6.38. The summed E-state index contributed by atoms with van der Waals surface area (Å²) in [6.45, 7) is 4.10. The maximum atomic E-state index is 12.6. The Morgan fingerprint density at radius 1 is 0.929 bits per heavy atom. The van der Waals surface area contributed by atoms with Crippen LogP contribution in [0.2, 0.25) is 0 Å². The molecule has 0 spiro atoms. The fourth-order valence-electron chi connectivity index (χ4n) is 3.56. The molecular weight excluding hydrogens is 350 g/mol. The summed E-state index contributed by atoms with van der Waals surface area (Å²) in [5.41, 5.74) is 0.679. The van der Waals surface area contributed by atoms with Gasteiger partial charge in [0.25, 0.3) is 5.78 Å². The molecule has 0 aromatic heterocycles. The van der Waals surface area contributed by atoms with E-state index in [9.17, 15) is 9.59 Å². The average molecular weight is 384 g/mol. The van der Waals surface area contributed by atoms with E-state index in [-0.39, 0.29) is 6.61 Å². The minimum absolute atomic E-state index is 0.172. The van der Waals surface area contributed by atoms with Gasteiger partial charge in [0.05, 0.1) is 6.61 Å². The Labute approximate surface area is 169 Å². The van der Waals surface area contributed by atoms with Crippen LogP contribution in [0.3, 0.4) is 0 Å². The van der Waals surface area contributed by atoms with Gasteiger partial charge in [-0.15, -0.1) is 0 Å². The van der Waals surface area contributed by atoms with E-state index in [1.165, 1.54) is 56.9 Å². The average Bonchev–Trinajstić information content (AvgIpc) is 3.21. The van der Waals surface area contributed by atoms with Gasteiger partial charge in [0, 0.05) is 6.21 Å². The van der Waals surface area contributed by atoms with Crippen molar-refractivity contribution in [2.75, 3.05) is 6.61 Å². The lowest BCUT2D eigenvalue weighted by atomic mass is 9.86. The normalized spacial score (nSPS) is 17.8. The largest absolute Gasteiger partial charge is 0.460 e. The summed E-state index contributed by atoms with van der Waals surface area (Å²) in [6, 6.07) is 7.89. The summed E-state index contributed by atoms with van der Waals surface area (Å²) in [5, 5.41) is 0. The van der Waals surface area contributed by atoms with Crippen molar-refractivity contribution in [2.45, 2.75) is 77.2 Å². The Morgan fingerprint density at radius 3 is 2.14 bits per heavy atom. The van der Waals surface area contributed by atoms with Gasteiger partial charge in [-0.3, -0.25) is 9.79 Å². The molecule has 1 aromatic rings. The van der Waals surface area contributed by atoms with Gasteiger partial charge >= 0.3 is 5.97 Å². The summed E-state index contributed by atoms with van der Waals surface area (Å²) in [7, 11) is 0. The maximum Gasteiger partial charge on any atom is 0.378 e. The molecule has 1 aliphatic rings. The Hall–Kier alpha value is -2.23. The van der Waals surface area contributed by atoms with Gasteiger partial charge in [-0.1, -0.05) is 76.1 Å². The zero-order valence-electron chi connectivity index (χ0n) is 17.3. The van der Waals surface area contributed by atoms with Crippen molar-refractivity contribution in [2.24, 2.45) is 4.99 Å². The number of rotatable bonds is 13.